The lowest BCUT2D eigenvalue weighted by molar-refractivity contribution is -0.126. The number of carbonyl (C=O) groups excluding carboxylic acids is 1. The minimum Gasteiger partial charge on any atom is -0.507 e. The Morgan fingerprint density at radius 1 is 1.21 bits per heavy atom. The summed E-state index contributed by atoms with van der Waals surface area (Å²) in [5, 5.41) is 10.7. The normalized spacial score (nSPS) is 15.7. The first-order valence-corrected chi connectivity index (χ1v) is 11.4. The Kier molecular flexibility index (Phi) is 5.77. The summed E-state index contributed by atoms with van der Waals surface area (Å²) >= 11 is 6.51. The summed E-state index contributed by atoms with van der Waals surface area (Å²) in [6.45, 7) is 6.04. The lowest BCUT2D eigenvalue weighted by atomic mass is 9.97. The third-order valence-corrected chi connectivity index (χ3v) is 6.64. The van der Waals surface area contributed by atoms with Gasteiger partial charge in [0, 0.05) is 42.7 Å². The molecule has 2 aliphatic heterocycles. The number of pyridine rings is 1. The highest BCUT2D eigenvalue weighted by molar-refractivity contribution is 6.34. The topological polar surface area (TPSA) is 65.9 Å². The lowest BCUT2D eigenvalue weighted by Crippen LogP contribution is -2.48. The fraction of sp³-hybridized carbons (Fsp3) is 0.280. The zero-order valence-corrected chi connectivity index (χ0v) is 19.0. The molecule has 176 valence electrons. The molecule has 34 heavy (non-hydrogen) atoms. The standard InChI is InChI=1S/C25H22ClF2N3O3/c1-2-19(33)30-8-10-31(11-9-30)24-14-5-4-12-34-25(14)29-23-15(24)13-16(26)20(22(23)28)21-17(27)6-3-7-18(21)32/h2-3,6-7,13,32H,1,4-5,8-12H2. The molecule has 3 aromatic rings. The second-order valence-corrected chi connectivity index (χ2v) is 8.70. The molecule has 5 rings (SSSR count). The first kappa shape index (κ1) is 22.4. The third kappa shape index (κ3) is 3.62. The molecule has 1 aromatic heterocycles. The molecule has 0 saturated carbocycles. The van der Waals surface area contributed by atoms with Crippen LogP contribution in [0.1, 0.15) is 12.0 Å². The van der Waals surface area contributed by atoms with Crippen LogP contribution in [0, 0.1) is 11.6 Å². The summed E-state index contributed by atoms with van der Waals surface area (Å²) < 4.78 is 36.3. The van der Waals surface area contributed by atoms with Crippen LogP contribution in [0.25, 0.3) is 22.0 Å². The van der Waals surface area contributed by atoms with E-state index in [0.717, 1.165) is 23.7 Å². The third-order valence-electron chi connectivity index (χ3n) is 6.34. The number of anilines is 1. The molecule has 0 spiro atoms. The van der Waals surface area contributed by atoms with E-state index in [0.29, 0.717) is 50.5 Å². The Hall–Kier alpha value is -3.39. The van der Waals surface area contributed by atoms with Crippen LogP contribution >= 0.6 is 11.6 Å². The van der Waals surface area contributed by atoms with Gasteiger partial charge in [-0.3, -0.25) is 4.79 Å². The Labute approximate surface area is 200 Å². The maximum absolute atomic E-state index is 15.9. The van der Waals surface area contributed by atoms with Gasteiger partial charge in [-0.15, -0.1) is 0 Å². The van der Waals surface area contributed by atoms with Crippen molar-refractivity contribution < 1.29 is 23.4 Å². The van der Waals surface area contributed by atoms with Crippen molar-refractivity contribution in [3.8, 4) is 22.8 Å². The first-order valence-electron chi connectivity index (χ1n) is 11.0. The highest BCUT2D eigenvalue weighted by Crippen LogP contribution is 2.45. The number of nitrogens with zero attached hydrogens (tertiary/aromatic N) is 3. The van der Waals surface area contributed by atoms with Crippen LogP contribution < -0.4 is 9.64 Å². The van der Waals surface area contributed by atoms with E-state index in [-0.39, 0.29) is 27.6 Å². The maximum Gasteiger partial charge on any atom is 0.246 e. The number of phenols is 1. The molecule has 0 aliphatic carbocycles. The average Bonchev–Trinajstić information content (AvgIpc) is 2.84. The molecule has 0 atom stereocenters. The number of rotatable bonds is 3. The second-order valence-electron chi connectivity index (χ2n) is 8.29. The molecule has 3 heterocycles. The fourth-order valence-electron chi connectivity index (χ4n) is 4.72. The molecular formula is C25H22ClF2N3O3. The molecular weight excluding hydrogens is 464 g/mol. The van der Waals surface area contributed by atoms with Gasteiger partial charge < -0.3 is 19.6 Å². The minimum atomic E-state index is -0.832. The Balaban J connectivity index is 1.70. The van der Waals surface area contributed by atoms with Crippen LogP contribution in [0.2, 0.25) is 5.02 Å². The minimum absolute atomic E-state index is 0.0118. The van der Waals surface area contributed by atoms with E-state index >= 15 is 4.39 Å². The van der Waals surface area contributed by atoms with Crippen LogP contribution in [0.5, 0.6) is 11.6 Å². The van der Waals surface area contributed by atoms with E-state index in [1.165, 1.54) is 18.2 Å². The molecule has 1 fully saturated rings. The van der Waals surface area contributed by atoms with E-state index in [2.05, 4.69) is 16.5 Å². The van der Waals surface area contributed by atoms with Gasteiger partial charge in [0.05, 0.1) is 22.9 Å². The molecule has 0 radical (unpaired) electrons. The van der Waals surface area contributed by atoms with Gasteiger partial charge >= 0.3 is 0 Å². The molecule has 6 nitrogen and oxygen atoms in total. The highest BCUT2D eigenvalue weighted by Gasteiger charge is 2.30. The number of amides is 1. The summed E-state index contributed by atoms with van der Waals surface area (Å²) in [5.41, 5.74) is 1.04. The summed E-state index contributed by atoms with van der Waals surface area (Å²) in [5.74, 6) is -1.84. The van der Waals surface area contributed by atoms with Crippen molar-refractivity contribution in [3.63, 3.8) is 0 Å². The van der Waals surface area contributed by atoms with Gasteiger partial charge in [-0.25, -0.2) is 13.8 Å². The number of aromatic nitrogens is 1. The second kappa shape index (κ2) is 8.76. The number of benzene rings is 2. The Morgan fingerprint density at radius 2 is 1.97 bits per heavy atom. The zero-order chi connectivity index (χ0) is 24.0. The van der Waals surface area contributed by atoms with Crippen molar-refractivity contribution >= 4 is 34.1 Å². The van der Waals surface area contributed by atoms with Crippen molar-refractivity contribution in [1.29, 1.82) is 0 Å². The van der Waals surface area contributed by atoms with E-state index in [4.69, 9.17) is 16.3 Å². The first-order chi connectivity index (χ1) is 16.4. The monoisotopic (exact) mass is 485 g/mol. The SMILES string of the molecule is C=CC(=O)N1CCN(c2c3c(nc4c(F)c(-c5c(O)cccc5F)c(Cl)cc24)OCCC3)CC1. The molecule has 9 heteroatoms. The van der Waals surface area contributed by atoms with Gasteiger partial charge in [-0.05, 0) is 37.1 Å². The van der Waals surface area contributed by atoms with Crippen LogP contribution in [-0.2, 0) is 11.2 Å². The van der Waals surface area contributed by atoms with Gasteiger partial charge in [0.2, 0.25) is 11.8 Å². The Morgan fingerprint density at radius 3 is 2.68 bits per heavy atom. The zero-order valence-electron chi connectivity index (χ0n) is 18.3. The number of phenolic OH excluding ortho intramolecular Hbond substituents is 1. The van der Waals surface area contributed by atoms with Gasteiger partial charge in [0.15, 0.2) is 5.82 Å². The van der Waals surface area contributed by atoms with Crippen LogP contribution in [0.15, 0.2) is 36.9 Å². The van der Waals surface area contributed by atoms with Crippen LogP contribution in [0.3, 0.4) is 0 Å². The predicted octanol–water partition coefficient (Wildman–Crippen LogP) is 4.70. The number of halogens is 3. The highest BCUT2D eigenvalue weighted by atomic mass is 35.5. The number of aromatic hydroxyl groups is 1. The van der Waals surface area contributed by atoms with Crippen LogP contribution in [0.4, 0.5) is 14.5 Å². The largest absolute Gasteiger partial charge is 0.507 e. The average molecular weight is 486 g/mol. The predicted molar refractivity (Wildman–Crippen MR) is 127 cm³/mol. The van der Waals surface area contributed by atoms with E-state index in [1.54, 1.807) is 11.0 Å². The number of piperazine rings is 1. The van der Waals surface area contributed by atoms with Crippen molar-refractivity contribution in [2.45, 2.75) is 12.8 Å². The number of hydrogen-bond acceptors (Lipinski definition) is 5. The van der Waals surface area contributed by atoms with Crippen LogP contribution in [-0.4, -0.2) is 53.7 Å². The maximum atomic E-state index is 15.9. The van der Waals surface area contributed by atoms with Crippen molar-refractivity contribution in [2.24, 2.45) is 0 Å². The van der Waals surface area contributed by atoms with Gasteiger partial charge in [0.1, 0.15) is 17.1 Å². The number of hydrogen-bond donors (Lipinski definition) is 1. The van der Waals surface area contributed by atoms with Crippen molar-refractivity contribution in [2.75, 3.05) is 37.7 Å². The number of fused-ring (bicyclic) bond motifs is 2. The van der Waals surface area contributed by atoms with Gasteiger partial charge in [-0.2, -0.15) is 0 Å². The lowest BCUT2D eigenvalue weighted by Gasteiger charge is -2.38. The summed E-state index contributed by atoms with van der Waals surface area (Å²) in [7, 11) is 0. The van der Waals surface area contributed by atoms with Crippen molar-refractivity contribution in [1.82, 2.24) is 9.88 Å². The molecule has 0 unspecified atom stereocenters. The smallest absolute Gasteiger partial charge is 0.246 e. The Bertz CT molecular complexity index is 1300. The summed E-state index contributed by atoms with van der Waals surface area (Å²) in [4.78, 5) is 20.3. The quantitative estimate of drug-likeness (QED) is 0.545. The van der Waals surface area contributed by atoms with E-state index in [1.807, 2.05) is 0 Å². The number of carbonyl (C=O) groups is 1. The summed E-state index contributed by atoms with van der Waals surface area (Å²) in [6, 6.07) is 5.31. The van der Waals surface area contributed by atoms with E-state index < -0.39 is 17.4 Å². The van der Waals surface area contributed by atoms with Gasteiger partial charge in [0.25, 0.3) is 0 Å². The van der Waals surface area contributed by atoms with Gasteiger partial charge in [-0.1, -0.05) is 24.2 Å². The molecule has 1 N–H and O–H groups in total. The molecule has 0 bridgehead atoms. The summed E-state index contributed by atoms with van der Waals surface area (Å²) in [6.07, 6.45) is 2.79. The molecule has 1 saturated heterocycles. The molecule has 2 aliphatic rings. The van der Waals surface area contributed by atoms with Crippen molar-refractivity contribution in [3.05, 3.63) is 59.1 Å². The molecule has 1 amide bonds. The fourth-order valence-corrected chi connectivity index (χ4v) is 5.01. The number of ether oxygens (including phenoxy) is 1. The van der Waals surface area contributed by atoms with E-state index in [9.17, 15) is 14.3 Å². The molecule has 2 aromatic carbocycles.